The lowest BCUT2D eigenvalue weighted by molar-refractivity contribution is 0.102. The monoisotopic (exact) mass is 464 g/mol. The molecule has 0 spiro atoms. The van der Waals surface area contributed by atoms with Gasteiger partial charge in [0, 0.05) is 21.7 Å². The number of aryl methyl sites for hydroxylation is 1. The summed E-state index contributed by atoms with van der Waals surface area (Å²) < 4.78 is 5.83. The quantitative estimate of drug-likeness (QED) is 0.287. The Bertz CT molecular complexity index is 1460. The summed E-state index contributed by atoms with van der Waals surface area (Å²) in [6.07, 6.45) is 0. The number of fused-ring (bicyclic) bond motifs is 1. The molecule has 5 aromatic rings. The van der Waals surface area contributed by atoms with Crippen molar-refractivity contribution in [2.75, 3.05) is 5.32 Å². The molecule has 34 heavy (non-hydrogen) atoms. The summed E-state index contributed by atoms with van der Waals surface area (Å²) in [4.78, 5) is 18.2. The van der Waals surface area contributed by atoms with Crippen LogP contribution >= 0.6 is 11.6 Å². The van der Waals surface area contributed by atoms with Crippen molar-refractivity contribution < 1.29 is 9.53 Å². The molecule has 0 radical (unpaired) electrons. The summed E-state index contributed by atoms with van der Waals surface area (Å²) in [6.45, 7) is 2.01. The number of anilines is 1. The third-order valence-electron chi connectivity index (χ3n) is 5.52. The number of hydrogen-bond donors (Lipinski definition) is 1. The Hall–Kier alpha value is -4.15. The molecule has 5 heteroatoms. The van der Waals surface area contributed by atoms with Crippen molar-refractivity contribution in [3.8, 4) is 22.8 Å². The predicted octanol–water partition coefficient (Wildman–Crippen LogP) is 7.91. The average Bonchev–Trinajstić information content (AvgIpc) is 2.87. The minimum absolute atomic E-state index is 0.193. The molecule has 1 N–H and O–H groups in total. The highest BCUT2D eigenvalue weighted by Crippen LogP contribution is 2.28. The molecule has 0 fully saturated rings. The van der Waals surface area contributed by atoms with Gasteiger partial charge in [0.15, 0.2) is 0 Å². The Morgan fingerprint density at radius 2 is 1.50 bits per heavy atom. The number of para-hydroxylation sites is 1. The fourth-order valence-electron chi connectivity index (χ4n) is 3.78. The predicted molar refractivity (Wildman–Crippen MR) is 138 cm³/mol. The number of hydrogen-bond acceptors (Lipinski definition) is 3. The van der Waals surface area contributed by atoms with E-state index in [9.17, 15) is 4.79 Å². The third-order valence-corrected chi connectivity index (χ3v) is 5.77. The first-order chi connectivity index (χ1) is 16.6. The van der Waals surface area contributed by atoms with E-state index in [2.05, 4.69) is 5.32 Å². The van der Waals surface area contributed by atoms with Gasteiger partial charge in [-0.1, -0.05) is 60.1 Å². The van der Waals surface area contributed by atoms with E-state index in [-0.39, 0.29) is 5.91 Å². The molecule has 0 saturated heterocycles. The van der Waals surface area contributed by atoms with Crippen LogP contribution in [-0.4, -0.2) is 10.9 Å². The highest BCUT2D eigenvalue weighted by molar-refractivity contribution is 6.30. The van der Waals surface area contributed by atoms with Crippen LogP contribution in [-0.2, 0) is 0 Å². The van der Waals surface area contributed by atoms with Gasteiger partial charge in [-0.2, -0.15) is 0 Å². The molecule has 0 atom stereocenters. The summed E-state index contributed by atoms with van der Waals surface area (Å²) in [5.41, 5.74) is 4.82. The summed E-state index contributed by atoms with van der Waals surface area (Å²) >= 11 is 5.92. The van der Waals surface area contributed by atoms with Gasteiger partial charge in [-0.05, 0) is 67.1 Å². The Morgan fingerprint density at radius 1 is 0.824 bits per heavy atom. The number of ether oxygens (including phenoxy) is 1. The van der Waals surface area contributed by atoms with Crippen molar-refractivity contribution in [3.63, 3.8) is 0 Å². The minimum atomic E-state index is -0.193. The number of benzene rings is 4. The lowest BCUT2D eigenvalue weighted by atomic mass is 10.0. The largest absolute Gasteiger partial charge is 0.457 e. The van der Waals surface area contributed by atoms with Crippen molar-refractivity contribution in [2.45, 2.75) is 6.92 Å². The van der Waals surface area contributed by atoms with E-state index in [1.54, 1.807) is 24.3 Å². The Labute approximate surface area is 202 Å². The number of nitrogens with one attached hydrogen (secondary N) is 1. The van der Waals surface area contributed by atoms with Crippen LogP contribution in [0.25, 0.3) is 22.2 Å². The van der Waals surface area contributed by atoms with Crippen LogP contribution < -0.4 is 10.1 Å². The van der Waals surface area contributed by atoms with Crippen molar-refractivity contribution >= 4 is 34.1 Å². The molecule has 5 rings (SSSR count). The highest BCUT2D eigenvalue weighted by atomic mass is 35.5. The second kappa shape index (κ2) is 9.38. The molecule has 166 valence electrons. The van der Waals surface area contributed by atoms with E-state index in [1.807, 2.05) is 85.8 Å². The van der Waals surface area contributed by atoms with Crippen LogP contribution in [0.1, 0.15) is 15.9 Å². The standard InChI is InChI=1S/C29H21ClN2O2/c1-19-6-5-9-25-26(18-27(32-28(19)25)20-7-3-2-4-8-20)29(33)31-22-12-16-24(17-13-22)34-23-14-10-21(30)11-15-23/h2-18H,1H3,(H,31,33). The molecule has 0 saturated carbocycles. The number of aromatic nitrogens is 1. The summed E-state index contributed by atoms with van der Waals surface area (Å²) in [7, 11) is 0. The molecular weight excluding hydrogens is 444 g/mol. The van der Waals surface area contributed by atoms with Gasteiger partial charge < -0.3 is 10.1 Å². The van der Waals surface area contributed by atoms with Crippen LogP contribution in [0.5, 0.6) is 11.5 Å². The first-order valence-corrected chi connectivity index (χ1v) is 11.3. The maximum absolute atomic E-state index is 13.3. The number of halogens is 1. The third kappa shape index (κ3) is 4.63. The molecule has 1 heterocycles. The Morgan fingerprint density at radius 3 is 2.21 bits per heavy atom. The zero-order valence-corrected chi connectivity index (χ0v) is 19.2. The van der Waals surface area contributed by atoms with Crippen molar-refractivity contribution in [1.82, 2.24) is 4.98 Å². The summed E-state index contributed by atoms with van der Waals surface area (Å²) in [5.74, 6) is 1.16. The van der Waals surface area contributed by atoms with Gasteiger partial charge in [0.05, 0.1) is 16.8 Å². The van der Waals surface area contributed by atoms with Gasteiger partial charge in [-0.25, -0.2) is 4.98 Å². The first-order valence-electron chi connectivity index (χ1n) is 10.9. The molecule has 1 aromatic heterocycles. The first kappa shape index (κ1) is 21.7. The highest BCUT2D eigenvalue weighted by Gasteiger charge is 2.15. The molecule has 4 aromatic carbocycles. The maximum Gasteiger partial charge on any atom is 0.256 e. The topological polar surface area (TPSA) is 51.2 Å². The van der Waals surface area contributed by atoms with Crippen molar-refractivity contribution in [3.05, 3.63) is 119 Å². The van der Waals surface area contributed by atoms with E-state index in [0.717, 1.165) is 27.7 Å². The number of nitrogens with zero attached hydrogens (tertiary/aromatic N) is 1. The summed E-state index contributed by atoms with van der Waals surface area (Å²) in [6, 6.07) is 32.0. The zero-order valence-electron chi connectivity index (χ0n) is 18.5. The smallest absolute Gasteiger partial charge is 0.256 e. The molecule has 0 bridgehead atoms. The zero-order chi connectivity index (χ0) is 23.5. The fourth-order valence-corrected chi connectivity index (χ4v) is 3.91. The van der Waals surface area contributed by atoms with Gasteiger partial charge in [-0.3, -0.25) is 4.79 Å². The van der Waals surface area contributed by atoms with Crippen LogP contribution in [0.4, 0.5) is 5.69 Å². The van der Waals surface area contributed by atoms with Gasteiger partial charge >= 0.3 is 0 Å². The molecule has 4 nitrogen and oxygen atoms in total. The minimum Gasteiger partial charge on any atom is -0.457 e. The van der Waals surface area contributed by atoms with Crippen LogP contribution in [0.15, 0.2) is 103 Å². The number of carbonyl (C=O) groups is 1. The Kier molecular flexibility index (Phi) is 5.98. The van der Waals surface area contributed by atoms with E-state index in [4.69, 9.17) is 21.3 Å². The molecule has 0 aliphatic rings. The van der Waals surface area contributed by atoms with E-state index in [1.165, 1.54) is 0 Å². The molecule has 1 amide bonds. The van der Waals surface area contributed by atoms with E-state index in [0.29, 0.717) is 27.8 Å². The molecular formula is C29H21ClN2O2. The van der Waals surface area contributed by atoms with Gasteiger partial charge in [-0.15, -0.1) is 0 Å². The number of amides is 1. The van der Waals surface area contributed by atoms with Gasteiger partial charge in [0.2, 0.25) is 0 Å². The average molecular weight is 465 g/mol. The SMILES string of the molecule is Cc1cccc2c(C(=O)Nc3ccc(Oc4ccc(Cl)cc4)cc3)cc(-c3ccccc3)nc12. The second-order valence-electron chi connectivity index (χ2n) is 7.93. The van der Waals surface area contributed by atoms with E-state index >= 15 is 0 Å². The second-order valence-corrected chi connectivity index (χ2v) is 8.36. The van der Waals surface area contributed by atoms with Gasteiger partial charge in [0.25, 0.3) is 5.91 Å². The van der Waals surface area contributed by atoms with Crippen molar-refractivity contribution in [1.29, 1.82) is 0 Å². The molecule has 0 aliphatic heterocycles. The maximum atomic E-state index is 13.3. The molecule has 0 aliphatic carbocycles. The van der Waals surface area contributed by atoms with Crippen molar-refractivity contribution in [2.24, 2.45) is 0 Å². The number of rotatable bonds is 5. The molecule has 0 unspecified atom stereocenters. The lowest BCUT2D eigenvalue weighted by Gasteiger charge is -2.12. The van der Waals surface area contributed by atoms with Crippen LogP contribution in [0, 0.1) is 6.92 Å². The van der Waals surface area contributed by atoms with E-state index < -0.39 is 0 Å². The summed E-state index contributed by atoms with van der Waals surface area (Å²) in [5, 5.41) is 4.48. The van der Waals surface area contributed by atoms with Crippen LogP contribution in [0.3, 0.4) is 0 Å². The Balaban J connectivity index is 1.43. The number of pyridine rings is 1. The normalized spacial score (nSPS) is 10.8. The fraction of sp³-hybridized carbons (Fsp3) is 0.0345. The van der Waals surface area contributed by atoms with Crippen LogP contribution in [0.2, 0.25) is 5.02 Å². The van der Waals surface area contributed by atoms with Gasteiger partial charge in [0.1, 0.15) is 11.5 Å². The lowest BCUT2D eigenvalue weighted by Crippen LogP contribution is -2.13. The number of carbonyl (C=O) groups excluding carboxylic acids is 1.